The van der Waals surface area contributed by atoms with Crippen LogP contribution >= 0.6 is 0 Å². The van der Waals surface area contributed by atoms with Crippen LogP contribution in [-0.2, 0) is 6.54 Å². The molecule has 0 bridgehead atoms. The summed E-state index contributed by atoms with van der Waals surface area (Å²) in [6.07, 6.45) is 2.69. The topological polar surface area (TPSA) is 24.5 Å². The zero-order valence-electron chi connectivity index (χ0n) is 12.2. The first-order valence-corrected chi connectivity index (χ1v) is 7.37. The van der Waals surface area contributed by atoms with Crippen molar-refractivity contribution in [3.63, 3.8) is 0 Å². The molecule has 1 heterocycles. The number of ether oxygens (including phenoxy) is 1. The lowest BCUT2D eigenvalue weighted by atomic mass is 9.99. The van der Waals surface area contributed by atoms with E-state index in [4.69, 9.17) is 4.74 Å². The fraction of sp³-hybridized carbons (Fsp3) is 0.625. The van der Waals surface area contributed by atoms with Crippen molar-refractivity contribution in [2.24, 2.45) is 5.92 Å². The van der Waals surface area contributed by atoms with Gasteiger partial charge in [-0.05, 0) is 56.1 Å². The highest BCUT2D eigenvalue weighted by Gasteiger charge is 2.16. The first-order chi connectivity index (χ1) is 9.31. The Morgan fingerprint density at radius 3 is 2.68 bits per heavy atom. The minimum absolute atomic E-state index is 0.812. The molecule has 1 unspecified atom stereocenters. The van der Waals surface area contributed by atoms with E-state index in [1.54, 1.807) is 7.11 Å². The number of hydrogen-bond acceptors (Lipinski definition) is 3. The van der Waals surface area contributed by atoms with Crippen LogP contribution in [0.2, 0.25) is 0 Å². The Balaban J connectivity index is 1.86. The fourth-order valence-corrected chi connectivity index (χ4v) is 2.74. The third-order valence-electron chi connectivity index (χ3n) is 3.93. The van der Waals surface area contributed by atoms with E-state index in [2.05, 4.69) is 29.3 Å². The zero-order valence-corrected chi connectivity index (χ0v) is 12.2. The summed E-state index contributed by atoms with van der Waals surface area (Å²) in [5, 5.41) is 3.50. The summed E-state index contributed by atoms with van der Waals surface area (Å²) >= 11 is 0. The van der Waals surface area contributed by atoms with E-state index in [1.165, 1.54) is 38.0 Å². The van der Waals surface area contributed by atoms with Gasteiger partial charge in [-0.15, -0.1) is 0 Å². The molecule has 1 aromatic rings. The maximum Gasteiger partial charge on any atom is 0.118 e. The van der Waals surface area contributed by atoms with Gasteiger partial charge in [0.15, 0.2) is 0 Å². The molecule has 1 aliphatic rings. The predicted molar refractivity (Wildman–Crippen MR) is 79.5 cm³/mol. The van der Waals surface area contributed by atoms with Gasteiger partial charge >= 0.3 is 0 Å². The Kier molecular flexibility index (Phi) is 5.67. The van der Waals surface area contributed by atoms with Gasteiger partial charge in [0.05, 0.1) is 7.11 Å². The van der Waals surface area contributed by atoms with Gasteiger partial charge in [0.2, 0.25) is 0 Å². The lowest BCUT2D eigenvalue weighted by Crippen LogP contribution is -2.38. The van der Waals surface area contributed by atoms with Crippen LogP contribution in [0.4, 0.5) is 0 Å². The molecule has 0 spiro atoms. The molecule has 1 fully saturated rings. The van der Waals surface area contributed by atoms with Gasteiger partial charge in [-0.2, -0.15) is 0 Å². The zero-order chi connectivity index (χ0) is 13.5. The third kappa shape index (κ3) is 4.51. The minimum Gasteiger partial charge on any atom is -0.497 e. The molecule has 1 aliphatic heterocycles. The van der Waals surface area contributed by atoms with Crippen LogP contribution in [0.25, 0.3) is 0 Å². The highest BCUT2D eigenvalue weighted by Crippen LogP contribution is 2.16. The second-order valence-corrected chi connectivity index (χ2v) is 5.39. The monoisotopic (exact) mass is 262 g/mol. The van der Waals surface area contributed by atoms with Crippen LogP contribution in [0.15, 0.2) is 24.3 Å². The van der Waals surface area contributed by atoms with Gasteiger partial charge in [-0.3, -0.25) is 4.90 Å². The van der Waals surface area contributed by atoms with Crippen molar-refractivity contribution < 1.29 is 4.74 Å². The molecule has 0 saturated carbocycles. The SMILES string of the molecule is CCN(Cc1ccc(OC)cc1)CC1CCCNC1. The number of rotatable bonds is 6. The van der Waals surface area contributed by atoms with Crippen molar-refractivity contribution in [3.05, 3.63) is 29.8 Å². The molecule has 106 valence electrons. The van der Waals surface area contributed by atoms with E-state index in [-0.39, 0.29) is 0 Å². The van der Waals surface area contributed by atoms with Gasteiger partial charge in [0, 0.05) is 13.1 Å². The Hall–Kier alpha value is -1.06. The van der Waals surface area contributed by atoms with Gasteiger partial charge in [-0.25, -0.2) is 0 Å². The summed E-state index contributed by atoms with van der Waals surface area (Å²) in [5.74, 6) is 1.75. The second-order valence-electron chi connectivity index (χ2n) is 5.39. The molecule has 0 aromatic heterocycles. The van der Waals surface area contributed by atoms with Gasteiger partial charge in [-0.1, -0.05) is 19.1 Å². The summed E-state index contributed by atoms with van der Waals surface area (Å²) in [6, 6.07) is 8.43. The van der Waals surface area contributed by atoms with Crippen molar-refractivity contribution >= 4 is 0 Å². The van der Waals surface area contributed by atoms with E-state index in [0.717, 1.165) is 24.8 Å². The average molecular weight is 262 g/mol. The highest BCUT2D eigenvalue weighted by molar-refractivity contribution is 5.27. The molecule has 2 rings (SSSR count). The number of nitrogens with zero attached hydrogens (tertiary/aromatic N) is 1. The first kappa shape index (κ1) is 14.4. The minimum atomic E-state index is 0.812. The first-order valence-electron chi connectivity index (χ1n) is 7.37. The molecule has 19 heavy (non-hydrogen) atoms. The molecule has 3 nitrogen and oxygen atoms in total. The Morgan fingerprint density at radius 1 is 1.32 bits per heavy atom. The van der Waals surface area contributed by atoms with E-state index >= 15 is 0 Å². The van der Waals surface area contributed by atoms with Crippen LogP contribution in [-0.4, -0.2) is 38.2 Å². The predicted octanol–water partition coefficient (Wildman–Crippen LogP) is 2.52. The smallest absolute Gasteiger partial charge is 0.118 e. The molecule has 0 radical (unpaired) electrons. The molecule has 1 N–H and O–H groups in total. The normalized spacial score (nSPS) is 19.6. The molecular weight excluding hydrogens is 236 g/mol. The van der Waals surface area contributed by atoms with Crippen molar-refractivity contribution in [1.29, 1.82) is 0 Å². The molecule has 3 heteroatoms. The lowest BCUT2D eigenvalue weighted by molar-refractivity contribution is 0.209. The highest BCUT2D eigenvalue weighted by atomic mass is 16.5. The van der Waals surface area contributed by atoms with Crippen molar-refractivity contribution in [3.8, 4) is 5.75 Å². The molecule has 1 atom stereocenters. The van der Waals surface area contributed by atoms with Crippen LogP contribution in [0.1, 0.15) is 25.3 Å². The third-order valence-corrected chi connectivity index (χ3v) is 3.93. The van der Waals surface area contributed by atoms with Crippen molar-refractivity contribution in [1.82, 2.24) is 10.2 Å². The average Bonchev–Trinajstić information content (AvgIpc) is 2.48. The summed E-state index contributed by atoms with van der Waals surface area (Å²) in [7, 11) is 1.71. The standard InChI is InChI=1S/C16H26N2O/c1-3-18(13-15-5-4-10-17-11-15)12-14-6-8-16(19-2)9-7-14/h6-9,15,17H,3-5,10-13H2,1-2H3. The van der Waals surface area contributed by atoms with E-state index < -0.39 is 0 Å². The van der Waals surface area contributed by atoms with Gasteiger partial charge in [0.25, 0.3) is 0 Å². The number of nitrogens with one attached hydrogen (secondary N) is 1. The van der Waals surface area contributed by atoms with Crippen molar-refractivity contribution in [2.45, 2.75) is 26.3 Å². The largest absolute Gasteiger partial charge is 0.497 e. The number of piperidine rings is 1. The number of benzene rings is 1. The Labute approximate surface area is 116 Å². The summed E-state index contributed by atoms with van der Waals surface area (Å²) in [6.45, 7) is 7.98. The molecule has 0 amide bonds. The van der Waals surface area contributed by atoms with E-state index in [1.807, 2.05) is 12.1 Å². The number of hydrogen-bond donors (Lipinski definition) is 1. The second kappa shape index (κ2) is 7.51. The van der Waals surface area contributed by atoms with Crippen LogP contribution in [0.5, 0.6) is 5.75 Å². The van der Waals surface area contributed by atoms with Crippen LogP contribution < -0.4 is 10.1 Å². The van der Waals surface area contributed by atoms with Crippen LogP contribution in [0, 0.1) is 5.92 Å². The van der Waals surface area contributed by atoms with Crippen LogP contribution in [0.3, 0.4) is 0 Å². The molecular formula is C16H26N2O. The maximum atomic E-state index is 5.20. The fourth-order valence-electron chi connectivity index (χ4n) is 2.74. The molecule has 1 aromatic carbocycles. The lowest BCUT2D eigenvalue weighted by Gasteiger charge is -2.29. The summed E-state index contributed by atoms with van der Waals surface area (Å²) < 4.78 is 5.20. The summed E-state index contributed by atoms with van der Waals surface area (Å²) in [4.78, 5) is 2.54. The quantitative estimate of drug-likeness (QED) is 0.852. The van der Waals surface area contributed by atoms with Crippen molar-refractivity contribution in [2.75, 3.05) is 33.3 Å². The Bertz CT molecular complexity index is 358. The van der Waals surface area contributed by atoms with E-state index in [9.17, 15) is 0 Å². The summed E-state index contributed by atoms with van der Waals surface area (Å²) in [5.41, 5.74) is 1.37. The van der Waals surface area contributed by atoms with Gasteiger partial charge in [0.1, 0.15) is 5.75 Å². The molecule has 1 saturated heterocycles. The molecule has 0 aliphatic carbocycles. The van der Waals surface area contributed by atoms with Gasteiger partial charge < -0.3 is 10.1 Å². The number of methoxy groups -OCH3 is 1. The Morgan fingerprint density at radius 2 is 2.11 bits per heavy atom. The maximum absolute atomic E-state index is 5.20. The van der Waals surface area contributed by atoms with E-state index in [0.29, 0.717) is 0 Å².